The number of benzene rings is 1. The molecule has 0 radical (unpaired) electrons. The van der Waals surface area contributed by atoms with Gasteiger partial charge in [-0.2, -0.15) is 0 Å². The maximum Gasteiger partial charge on any atom is 0.316 e. The Balaban J connectivity index is 2.81. The van der Waals surface area contributed by atoms with Gasteiger partial charge in [0.1, 0.15) is 5.92 Å². The Hall–Kier alpha value is -1.84. The fourth-order valence-corrected chi connectivity index (χ4v) is 1.64. The van der Waals surface area contributed by atoms with E-state index in [2.05, 4.69) is 5.32 Å². The highest BCUT2D eigenvalue weighted by molar-refractivity contribution is 6.04. The Morgan fingerprint density at radius 1 is 1.29 bits per heavy atom. The van der Waals surface area contributed by atoms with E-state index in [1.165, 1.54) is 0 Å². The van der Waals surface area contributed by atoms with E-state index in [4.69, 9.17) is 5.11 Å². The van der Waals surface area contributed by atoms with Crippen molar-refractivity contribution < 1.29 is 14.7 Å². The Morgan fingerprint density at radius 3 is 2.41 bits per heavy atom. The summed E-state index contributed by atoms with van der Waals surface area (Å²) in [4.78, 5) is 22.8. The van der Waals surface area contributed by atoms with Crippen molar-refractivity contribution in [3.05, 3.63) is 29.8 Å². The number of hydrogen-bond acceptors (Lipinski definition) is 2. The second-order valence-corrected chi connectivity index (χ2v) is 4.42. The summed E-state index contributed by atoms with van der Waals surface area (Å²) in [6.45, 7) is 5.34. The predicted molar refractivity (Wildman–Crippen MR) is 65.8 cm³/mol. The molecule has 4 heteroatoms. The molecule has 1 unspecified atom stereocenters. The Kier molecular flexibility index (Phi) is 4.26. The van der Waals surface area contributed by atoms with Crippen LogP contribution in [0.2, 0.25) is 0 Å². The average molecular weight is 235 g/mol. The van der Waals surface area contributed by atoms with Gasteiger partial charge in [0.25, 0.3) is 0 Å². The molecular weight excluding hydrogens is 218 g/mol. The molecule has 4 nitrogen and oxygen atoms in total. The molecule has 0 heterocycles. The first-order chi connectivity index (χ1) is 7.91. The van der Waals surface area contributed by atoms with E-state index in [1.807, 2.05) is 19.1 Å². The third-order valence-electron chi connectivity index (χ3n) is 2.50. The van der Waals surface area contributed by atoms with Crippen molar-refractivity contribution >= 4 is 17.6 Å². The zero-order chi connectivity index (χ0) is 13.0. The van der Waals surface area contributed by atoms with Gasteiger partial charge in [0.15, 0.2) is 0 Å². The van der Waals surface area contributed by atoms with Crippen molar-refractivity contribution in [2.75, 3.05) is 5.32 Å². The van der Waals surface area contributed by atoms with Crippen LogP contribution < -0.4 is 5.32 Å². The minimum absolute atomic E-state index is 0.239. The number of hydrogen-bond donors (Lipinski definition) is 2. The number of aliphatic carboxylic acids is 1. The predicted octanol–water partition coefficient (Wildman–Crippen LogP) is 2.29. The van der Waals surface area contributed by atoms with Crippen molar-refractivity contribution in [1.29, 1.82) is 0 Å². The van der Waals surface area contributed by atoms with Gasteiger partial charge in [-0.15, -0.1) is 0 Å². The van der Waals surface area contributed by atoms with Crippen molar-refractivity contribution in [2.45, 2.75) is 20.8 Å². The average Bonchev–Trinajstić information content (AvgIpc) is 2.15. The van der Waals surface area contributed by atoms with E-state index < -0.39 is 17.8 Å². The van der Waals surface area contributed by atoms with E-state index in [9.17, 15) is 9.59 Å². The highest BCUT2D eigenvalue weighted by atomic mass is 16.4. The van der Waals surface area contributed by atoms with Crippen LogP contribution in [0.1, 0.15) is 19.4 Å². The van der Waals surface area contributed by atoms with Gasteiger partial charge in [0.05, 0.1) is 0 Å². The number of carboxylic acids is 1. The van der Waals surface area contributed by atoms with Gasteiger partial charge in [-0.05, 0) is 30.5 Å². The first-order valence-corrected chi connectivity index (χ1v) is 5.52. The summed E-state index contributed by atoms with van der Waals surface area (Å²) < 4.78 is 0. The summed E-state index contributed by atoms with van der Waals surface area (Å²) in [6, 6.07) is 7.27. The second-order valence-electron chi connectivity index (χ2n) is 4.42. The number of anilines is 1. The number of carboxylic acid groups (broad SMARTS) is 1. The van der Waals surface area contributed by atoms with Crippen LogP contribution in [0.4, 0.5) is 5.69 Å². The number of carbonyl (C=O) groups is 2. The molecule has 0 saturated heterocycles. The van der Waals surface area contributed by atoms with Crippen LogP contribution in [0.25, 0.3) is 0 Å². The lowest BCUT2D eigenvalue weighted by atomic mass is 9.95. The normalized spacial score (nSPS) is 12.2. The van der Waals surface area contributed by atoms with E-state index in [0.717, 1.165) is 5.56 Å². The van der Waals surface area contributed by atoms with Crippen LogP contribution in [0, 0.1) is 18.8 Å². The standard InChI is InChI=1S/C13H17NO3/c1-8(2)11(13(16)17)12(15)14-10-6-4-5-9(3)7-10/h4-8,11H,1-3H3,(H,14,15)(H,16,17). The van der Waals surface area contributed by atoms with Gasteiger partial charge in [0, 0.05) is 5.69 Å². The largest absolute Gasteiger partial charge is 0.481 e. The first kappa shape index (κ1) is 13.2. The molecule has 0 fully saturated rings. The second kappa shape index (κ2) is 5.48. The lowest BCUT2D eigenvalue weighted by Crippen LogP contribution is -2.33. The molecule has 0 aliphatic rings. The maximum atomic E-state index is 11.8. The molecule has 1 aromatic carbocycles. The van der Waals surface area contributed by atoms with E-state index in [-0.39, 0.29) is 5.92 Å². The smallest absolute Gasteiger partial charge is 0.316 e. The quantitative estimate of drug-likeness (QED) is 0.787. The Morgan fingerprint density at radius 2 is 1.94 bits per heavy atom. The first-order valence-electron chi connectivity index (χ1n) is 5.52. The molecule has 0 aliphatic carbocycles. The molecule has 1 atom stereocenters. The van der Waals surface area contributed by atoms with Crippen molar-refractivity contribution in [3.63, 3.8) is 0 Å². The number of amides is 1. The summed E-state index contributed by atoms with van der Waals surface area (Å²) in [5.41, 5.74) is 1.64. The van der Waals surface area contributed by atoms with Crippen LogP contribution in [0.5, 0.6) is 0 Å². The topological polar surface area (TPSA) is 66.4 Å². The lowest BCUT2D eigenvalue weighted by Gasteiger charge is -2.16. The Labute approximate surface area is 101 Å². The molecule has 1 rings (SSSR count). The summed E-state index contributed by atoms with van der Waals surface area (Å²) in [7, 11) is 0. The van der Waals surface area contributed by atoms with Gasteiger partial charge in [-0.25, -0.2) is 0 Å². The number of rotatable bonds is 4. The van der Waals surface area contributed by atoms with E-state index in [0.29, 0.717) is 5.69 Å². The molecule has 0 bridgehead atoms. The fraction of sp³-hybridized carbons (Fsp3) is 0.385. The number of aryl methyl sites for hydroxylation is 1. The summed E-state index contributed by atoms with van der Waals surface area (Å²) in [5, 5.41) is 11.6. The van der Waals surface area contributed by atoms with Gasteiger partial charge >= 0.3 is 5.97 Å². The molecular formula is C13H17NO3. The summed E-state index contributed by atoms with van der Waals surface area (Å²) in [5.74, 6) is -2.82. The summed E-state index contributed by atoms with van der Waals surface area (Å²) >= 11 is 0. The Bertz CT molecular complexity index is 426. The van der Waals surface area contributed by atoms with Crippen LogP contribution in [0.15, 0.2) is 24.3 Å². The van der Waals surface area contributed by atoms with Crippen LogP contribution in [-0.2, 0) is 9.59 Å². The third kappa shape index (κ3) is 3.59. The molecule has 2 N–H and O–H groups in total. The zero-order valence-corrected chi connectivity index (χ0v) is 10.2. The van der Waals surface area contributed by atoms with E-state index >= 15 is 0 Å². The highest BCUT2D eigenvalue weighted by Gasteiger charge is 2.29. The van der Waals surface area contributed by atoms with Crippen LogP contribution in [-0.4, -0.2) is 17.0 Å². The lowest BCUT2D eigenvalue weighted by molar-refractivity contribution is -0.147. The number of nitrogens with one attached hydrogen (secondary N) is 1. The van der Waals surface area contributed by atoms with Crippen LogP contribution in [0.3, 0.4) is 0 Å². The molecule has 0 saturated carbocycles. The number of carbonyl (C=O) groups excluding carboxylic acids is 1. The molecule has 17 heavy (non-hydrogen) atoms. The SMILES string of the molecule is Cc1cccc(NC(=O)C(C(=O)O)C(C)C)c1. The minimum Gasteiger partial charge on any atom is -0.481 e. The van der Waals surface area contributed by atoms with Gasteiger partial charge in [-0.3, -0.25) is 9.59 Å². The van der Waals surface area contributed by atoms with Crippen molar-refractivity contribution in [1.82, 2.24) is 0 Å². The molecule has 1 aromatic rings. The minimum atomic E-state index is -1.09. The summed E-state index contributed by atoms with van der Waals surface area (Å²) in [6.07, 6.45) is 0. The fourth-order valence-electron chi connectivity index (χ4n) is 1.64. The zero-order valence-electron chi connectivity index (χ0n) is 10.2. The van der Waals surface area contributed by atoms with Gasteiger partial charge in [0.2, 0.25) is 5.91 Å². The van der Waals surface area contributed by atoms with Crippen LogP contribution >= 0.6 is 0 Å². The molecule has 0 spiro atoms. The maximum absolute atomic E-state index is 11.8. The van der Waals surface area contributed by atoms with E-state index in [1.54, 1.807) is 26.0 Å². The highest BCUT2D eigenvalue weighted by Crippen LogP contribution is 2.16. The van der Waals surface area contributed by atoms with Crippen molar-refractivity contribution in [2.24, 2.45) is 11.8 Å². The van der Waals surface area contributed by atoms with Crippen molar-refractivity contribution in [3.8, 4) is 0 Å². The van der Waals surface area contributed by atoms with Gasteiger partial charge < -0.3 is 10.4 Å². The molecule has 0 aromatic heterocycles. The monoisotopic (exact) mass is 235 g/mol. The molecule has 92 valence electrons. The molecule has 1 amide bonds. The van der Waals surface area contributed by atoms with Gasteiger partial charge in [-0.1, -0.05) is 26.0 Å². The third-order valence-corrected chi connectivity index (χ3v) is 2.50. The molecule has 0 aliphatic heterocycles.